The maximum atomic E-state index is 4.21. The Kier molecular flexibility index (Phi) is 1.92. The van der Waals surface area contributed by atoms with Gasteiger partial charge >= 0.3 is 0 Å². The van der Waals surface area contributed by atoms with Crippen molar-refractivity contribution in [1.29, 1.82) is 0 Å². The van der Waals surface area contributed by atoms with E-state index in [9.17, 15) is 0 Å². The maximum absolute atomic E-state index is 4.21. The highest BCUT2D eigenvalue weighted by molar-refractivity contribution is 14.1. The average Bonchev–Trinajstić information content (AvgIpc) is 2.58. The van der Waals surface area contributed by atoms with Gasteiger partial charge in [-0.05, 0) is 41.1 Å². The summed E-state index contributed by atoms with van der Waals surface area (Å²) in [6.07, 6.45) is 3.77. The first-order valence-electron chi connectivity index (χ1n) is 3.61. The Bertz CT molecular complexity index is 350. The highest BCUT2D eigenvalue weighted by Gasteiger charge is 2.02. The van der Waals surface area contributed by atoms with E-state index in [-0.39, 0.29) is 0 Å². The first kappa shape index (κ1) is 7.85. The van der Waals surface area contributed by atoms with Gasteiger partial charge in [0.25, 0.3) is 0 Å². The number of halogens is 1. The van der Waals surface area contributed by atoms with Gasteiger partial charge < -0.3 is 9.97 Å². The molecule has 0 radical (unpaired) electrons. The third-order valence-electron chi connectivity index (χ3n) is 1.63. The normalized spacial score (nSPS) is 10.5. The molecule has 0 aromatic carbocycles. The predicted molar refractivity (Wildman–Crippen MR) is 55.8 cm³/mol. The summed E-state index contributed by atoms with van der Waals surface area (Å²) in [7, 11) is 0. The second kappa shape index (κ2) is 2.93. The highest BCUT2D eigenvalue weighted by Crippen LogP contribution is 2.15. The van der Waals surface area contributed by atoms with Crippen LogP contribution in [-0.2, 0) is 0 Å². The Morgan fingerprint density at radius 1 is 1.50 bits per heavy atom. The molecule has 0 aliphatic carbocycles. The number of nitrogens with one attached hydrogen (secondary N) is 2. The average molecular weight is 273 g/mol. The molecule has 2 aromatic heterocycles. The van der Waals surface area contributed by atoms with Crippen LogP contribution in [0.4, 0.5) is 0 Å². The predicted octanol–water partition coefficient (Wildman–Crippen LogP) is 2.32. The Labute approximate surface area is 83.8 Å². The molecule has 0 aliphatic heterocycles. The molecule has 0 aliphatic rings. The first-order chi connectivity index (χ1) is 5.75. The van der Waals surface area contributed by atoms with Crippen molar-refractivity contribution >= 4 is 22.6 Å². The van der Waals surface area contributed by atoms with Crippen LogP contribution in [0, 0.1) is 10.6 Å². The Morgan fingerprint density at radius 3 is 2.83 bits per heavy atom. The van der Waals surface area contributed by atoms with Crippen LogP contribution in [0.25, 0.3) is 11.5 Å². The van der Waals surface area contributed by atoms with Crippen molar-refractivity contribution in [2.75, 3.05) is 0 Å². The lowest BCUT2D eigenvalue weighted by Crippen LogP contribution is -1.78. The molecule has 0 saturated heterocycles. The molecular weight excluding hydrogens is 265 g/mol. The zero-order chi connectivity index (χ0) is 8.55. The van der Waals surface area contributed by atoms with E-state index in [1.807, 2.05) is 19.3 Å². The lowest BCUT2D eigenvalue weighted by molar-refractivity contribution is 1.25. The van der Waals surface area contributed by atoms with Gasteiger partial charge in [-0.15, -0.1) is 0 Å². The zero-order valence-corrected chi connectivity index (χ0v) is 8.71. The molecule has 2 aromatic rings. The first-order valence-corrected chi connectivity index (χ1v) is 4.69. The molecule has 0 saturated carbocycles. The lowest BCUT2D eigenvalue weighted by atomic mass is 10.3. The van der Waals surface area contributed by atoms with Crippen LogP contribution in [0.1, 0.15) is 5.56 Å². The summed E-state index contributed by atoms with van der Waals surface area (Å²) in [5.41, 5.74) is 2.26. The summed E-state index contributed by atoms with van der Waals surface area (Å²) in [4.78, 5) is 10.5. The second-order valence-corrected chi connectivity index (χ2v) is 3.83. The van der Waals surface area contributed by atoms with Gasteiger partial charge in [0.15, 0.2) is 5.82 Å². The van der Waals surface area contributed by atoms with Crippen molar-refractivity contribution in [1.82, 2.24) is 15.0 Å². The summed E-state index contributed by atoms with van der Waals surface area (Å²) in [5, 5.41) is 0. The van der Waals surface area contributed by atoms with Crippen molar-refractivity contribution in [3.05, 3.63) is 27.7 Å². The van der Waals surface area contributed by atoms with Gasteiger partial charge in [-0.1, -0.05) is 0 Å². The number of rotatable bonds is 1. The molecule has 2 N–H and O–H groups in total. The number of hydrogen-bond donors (Lipinski definition) is 2. The lowest BCUT2D eigenvalue weighted by Gasteiger charge is -1.88. The molecule has 0 amide bonds. The van der Waals surface area contributed by atoms with Crippen molar-refractivity contribution in [2.24, 2.45) is 0 Å². The van der Waals surface area contributed by atoms with Crippen LogP contribution in [0.15, 0.2) is 18.5 Å². The molecule has 0 unspecified atom stereocenters. The second-order valence-electron chi connectivity index (χ2n) is 2.67. The van der Waals surface area contributed by atoms with Crippen LogP contribution in [0.3, 0.4) is 0 Å². The van der Waals surface area contributed by atoms with E-state index in [4.69, 9.17) is 0 Å². The Hall–Kier alpha value is -0.780. The number of nitrogens with zero attached hydrogens (tertiary/aromatic N) is 1. The van der Waals surface area contributed by atoms with Crippen LogP contribution in [0.2, 0.25) is 0 Å². The molecule has 0 fully saturated rings. The standard InChI is InChI=1S/C8H8IN3/c1-5-2-6(10-3-5)8-11-4-7(9)12-8/h2-4,10H,1H3,(H,11,12). The fraction of sp³-hybridized carbons (Fsp3) is 0.125. The summed E-state index contributed by atoms with van der Waals surface area (Å²) in [6.45, 7) is 2.05. The monoisotopic (exact) mass is 273 g/mol. The fourth-order valence-electron chi connectivity index (χ4n) is 1.08. The van der Waals surface area contributed by atoms with Gasteiger partial charge in [-0.2, -0.15) is 0 Å². The molecule has 2 rings (SSSR count). The largest absolute Gasteiger partial charge is 0.358 e. The zero-order valence-electron chi connectivity index (χ0n) is 6.56. The number of imidazole rings is 1. The van der Waals surface area contributed by atoms with Crippen molar-refractivity contribution in [3.8, 4) is 11.5 Å². The topological polar surface area (TPSA) is 44.5 Å². The van der Waals surface area contributed by atoms with Crippen molar-refractivity contribution in [2.45, 2.75) is 6.92 Å². The summed E-state index contributed by atoms with van der Waals surface area (Å²) in [6, 6.07) is 2.06. The molecule has 62 valence electrons. The van der Waals surface area contributed by atoms with E-state index in [0.29, 0.717) is 0 Å². The third-order valence-corrected chi connectivity index (χ3v) is 2.18. The van der Waals surface area contributed by atoms with Crippen LogP contribution >= 0.6 is 22.6 Å². The molecule has 2 heterocycles. The number of aryl methyl sites for hydroxylation is 1. The quantitative estimate of drug-likeness (QED) is 0.769. The van der Waals surface area contributed by atoms with Gasteiger partial charge in [0.2, 0.25) is 0 Å². The minimum absolute atomic E-state index is 0.896. The van der Waals surface area contributed by atoms with Crippen LogP contribution in [-0.4, -0.2) is 15.0 Å². The van der Waals surface area contributed by atoms with E-state index in [0.717, 1.165) is 15.2 Å². The molecule has 3 nitrogen and oxygen atoms in total. The maximum Gasteiger partial charge on any atom is 0.154 e. The number of hydrogen-bond acceptors (Lipinski definition) is 1. The fourth-order valence-corrected chi connectivity index (χ4v) is 1.47. The van der Waals surface area contributed by atoms with E-state index >= 15 is 0 Å². The summed E-state index contributed by atoms with van der Waals surface area (Å²) in [5.74, 6) is 0.896. The van der Waals surface area contributed by atoms with Gasteiger partial charge in [-0.3, -0.25) is 0 Å². The number of aromatic amines is 2. The van der Waals surface area contributed by atoms with Gasteiger partial charge in [-0.25, -0.2) is 4.98 Å². The molecular formula is C8H8IN3. The van der Waals surface area contributed by atoms with Crippen LogP contribution in [0.5, 0.6) is 0 Å². The molecule has 0 bridgehead atoms. The molecule has 4 heteroatoms. The van der Waals surface area contributed by atoms with Crippen LogP contribution < -0.4 is 0 Å². The van der Waals surface area contributed by atoms with E-state index < -0.39 is 0 Å². The number of aromatic nitrogens is 3. The van der Waals surface area contributed by atoms with E-state index in [1.165, 1.54) is 5.56 Å². The highest BCUT2D eigenvalue weighted by atomic mass is 127. The van der Waals surface area contributed by atoms with E-state index in [1.54, 1.807) is 0 Å². The molecule has 12 heavy (non-hydrogen) atoms. The van der Waals surface area contributed by atoms with Gasteiger partial charge in [0.05, 0.1) is 15.6 Å². The number of H-pyrrole nitrogens is 2. The summed E-state index contributed by atoms with van der Waals surface area (Å²) >= 11 is 2.20. The SMILES string of the molecule is Cc1c[nH]c(-c2ncc(I)[nH]2)c1. The summed E-state index contributed by atoms with van der Waals surface area (Å²) < 4.78 is 1.05. The smallest absolute Gasteiger partial charge is 0.154 e. The Balaban J connectivity index is 2.43. The van der Waals surface area contributed by atoms with Gasteiger partial charge in [0.1, 0.15) is 0 Å². The van der Waals surface area contributed by atoms with Crippen molar-refractivity contribution in [3.63, 3.8) is 0 Å². The molecule has 0 spiro atoms. The third kappa shape index (κ3) is 1.38. The van der Waals surface area contributed by atoms with E-state index in [2.05, 4.69) is 43.6 Å². The molecule has 0 atom stereocenters. The minimum atomic E-state index is 0.896. The van der Waals surface area contributed by atoms with Gasteiger partial charge in [0, 0.05) is 6.20 Å². The minimum Gasteiger partial charge on any atom is -0.358 e. The Morgan fingerprint density at radius 2 is 2.33 bits per heavy atom. The van der Waals surface area contributed by atoms with Crippen molar-refractivity contribution < 1.29 is 0 Å².